The number of nitrogens with zero attached hydrogens (tertiary/aromatic N) is 1. The third kappa shape index (κ3) is 4.47. The van der Waals surface area contributed by atoms with Crippen LogP contribution in [0.3, 0.4) is 0 Å². The van der Waals surface area contributed by atoms with Gasteiger partial charge in [0.15, 0.2) is 0 Å². The molecule has 2 aliphatic heterocycles. The second-order valence-electron chi connectivity index (χ2n) is 9.49. The Kier molecular flexibility index (Phi) is 6.65. The molecule has 1 amide bonds. The number of piperidine rings is 1. The number of aromatic nitrogens is 1. The number of fused-ring (bicyclic) bond motifs is 2. The number of nitrogens with one attached hydrogen (secondary N) is 2. The Hall–Kier alpha value is -3.12. The average molecular weight is 488 g/mol. The molecule has 0 radical (unpaired) electrons. The lowest BCUT2D eigenvalue weighted by atomic mass is 9.92. The number of amides is 1. The van der Waals surface area contributed by atoms with Crippen molar-refractivity contribution in [3.8, 4) is 22.4 Å². The van der Waals surface area contributed by atoms with Gasteiger partial charge in [0.05, 0.1) is 12.2 Å². The normalized spacial score (nSPS) is 15.6. The molecule has 5 nitrogen and oxygen atoms in total. The number of aliphatic hydroxyl groups is 1. The van der Waals surface area contributed by atoms with Crippen molar-refractivity contribution in [2.75, 3.05) is 13.1 Å². The van der Waals surface area contributed by atoms with Crippen LogP contribution in [0.15, 0.2) is 60.7 Å². The van der Waals surface area contributed by atoms with Crippen LogP contribution in [0.25, 0.3) is 33.3 Å². The highest BCUT2D eigenvalue weighted by Gasteiger charge is 2.27. The molecule has 2 aliphatic rings. The van der Waals surface area contributed by atoms with E-state index < -0.39 is 0 Å². The van der Waals surface area contributed by atoms with Crippen molar-refractivity contribution in [1.29, 1.82) is 0 Å². The van der Waals surface area contributed by atoms with Gasteiger partial charge in [0, 0.05) is 35.2 Å². The number of aliphatic hydroxyl groups excluding tert-OH is 1. The molecule has 1 fully saturated rings. The summed E-state index contributed by atoms with van der Waals surface area (Å²) in [6.07, 6.45) is 3.94. The minimum Gasteiger partial charge on any atom is -0.392 e. The quantitative estimate of drug-likeness (QED) is 0.341. The first-order chi connectivity index (χ1) is 16.7. The largest absolute Gasteiger partial charge is 0.392 e. The maximum atomic E-state index is 12.9. The molecule has 0 aliphatic carbocycles. The summed E-state index contributed by atoms with van der Waals surface area (Å²) < 4.78 is 0. The molecule has 0 saturated carbocycles. The highest BCUT2D eigenvalue weighted by Crippen LogP contribution is 2.37. The highest BCUT2D eigenvalue weighted by molar-refractivity contribution is 6.07. The molecule has 3 heterocycles. The Morgan fingerprint density at radius 2 is 1.60 bits per heavy atom. The van der Waals surface area contributed by atoms with Crippen LogP contribution in [-0.4, -0.2) is 34.0 Å². The van der Waals surface area contributed by atoms with Crippen molar-refractivity contribution in [3.63, 3.8) is 0 Å². The Labute approximate surface area is 211 Å². The zero-order valence-electron chi connectivity index (χ0n) is 19.6. The third-order valence-corrected chi connectivity index (χ3v) is 7.24. The third-order valence-electron chi connectivity index (χ3n) is 7.24. The van der Waals surface area contributed by atoms with Crippen molar-refractivity contribution < 1.29 is 9.90 Å². The molecule has 1 saturated heterocycles. The lowest BCUT2D eigenvalue weighted by molar-refractivity contribution is 0.0966. The minimum absolute atomic E-state index is 0. The van der Waals surface area contributed by atoms with Gasteiger partial charge in [-0.15, -0.1) is 12.4 Å². The van der Waals surface area contributed by atoms with Crippen molar-refractivity contribution >= 4 is 29.2 Å². The number of rotatable bonds is 5. The van der Waals surface area contributed by atoms with Crippen LogP contribution < -0.4 is 5.32 Å². The fourth-order valence-electron chi connectivity index (χ4n) is 5.43. The standard InChI is InChI=1S/C29H29N3O2.ClH/c33-18-19-4-7-21(8-5-19)23-9-10-24(28-25(23)16-30-29(28)34)27-15-22-14-20(6-11-26(22)31-27)17-32-12-2-1-3-13-32;/h4-11,14-15,31,33H,1-3,12-13,16-18H2,(H,30,34);1H. The van der Waals surface area contributed by atoms with E-state index in [0.29, 0.717) is 6.54 Å². The molecular weight excluding hydrogens is 458 g/mol. The summed E-state index contributed by atoms with van der Waals surface area (Å²) in [6, 6.07) is 20.9. The summed E-state index contributed by atoms with van der Waals surface area (Å²) in [5.74, 6) is -0.0247. The molecule has 6 heteroatoms. The molecule has 35 heavy (non-hydrogen) atoms. The summed E-state index contributed by atoms with van der Waals surface area (Å²) in [7, 11) is 0. The van der Waals surface area contributed by atoms with Crippen LogP contribution in [0.1, 0.15) is 46.3 Å². The molecule has 1 aromatic heterocycles. The van der Waals surface area contributed by atoms with Gasteiger partial charge in [-0.3, -0.25) is 9.69 Å². The molecule has 0 unspecified atom stereocenters. The van der Waals surface area contributed by atoms with Crippen LogP contribution in [0.5, 0.6) is 0 Å². The Bertz CT molecular complexity index is 1370. The fraction of sp³-hybridized carbons (Fsp3) is 0.276. The molecule has 0 bridgehead atoms. The van der Waals surface area contributed by atoms with Gasteiger partial charge in [-0.05, 0) is 71.9 Å². The van der Waals surface area contributed by atoms with Crippen LogP contribution >= 0.6 is 12.4 Å². The molecule has 3 N–H and O–H groups in total. The van der Waals surface area contributed by atoms with E-state index in [4.69, 9.17) is 0 Å². The number of hydrogen-bond acceptors (Lipinski definition) is 3. The smallest absolute Gasteiger partial charge is 0.252 e. The van der Waals surface area contributed by atoms with Crippen LogP contribution in [-0.2, 0) is 19.7 Å². The Morgan fingerprint density at radius 1 is 0.857 bits per heavy atom. The van der Waals surface area contributed by atoms with Gasteiger partial charge in [0.25, 0.3) is 5.91 Å². The number of hydrogen-bond donors (Lipinski definition) is 3. The number of aromatic amines is 1. The number of benzene rings is 3. The minimum atomic E-state index is -0.0247. The highest BCUT2D eigenvalue weighted by atomic mass is 35.5. The van der Waals surface area contributed by atoms with E-state index in [1.165, 1.54) is 43.3 Å². The predicted molar refractivity (Wildman–Crippen MR) is 143 cm³/mol. The van der Waals surface area contributed by atoms with Crippen molar-refractivity contribution in [2.24, 2.45) is 0 Å². The zero-order valence-corrected chi connectivity index (χ0v) is 20.5. The van der Waals surface area contributed by atoms with E-state index in [1.54, 1.807) is 0 Å². The van der Waals surface area contributed by atoms with Gasteiger partial charge in [0.2, 0.25) is 0 Å². The van der Waals surface area contributed by atoms with Gasteiger partial charge in [0.1, 0.15) is 0 Å². The Morgan fingerprint density at radius 3 is 2.37 bits per heavy atom. The van der Waals surface area contributed by atoms with Crippen molar-refractivity contribution in [3.05, 3.63) is 82.9 Å². The summed E-state index contributed by atoms with van der Waals surface area (Å²) in [6.45, 7) is 3.92. The van der Waals surface area contributed by atoms with E-state index in [-0.39, 0.29) is 24.9 Å². The fourth-order valence-corrected chi connectivity index (χ4v) is 5.43. The average Bonchev–Trinajstić information content (AvgIpc) is 3.48. The molecule has 4 aromatic rings. The number of H-pyrrole nitrogens is 1. The SMILES string of the molecule is Cl.O=C1NCc2c(-c3ccc(CO)cc3)ccc(-c3cc4cc(CN5CCCCC5)ccc4[nH]3)c21. The van der Waals surface area contributed by atoms with Crippen molar-refractivity contribution in [2.45, 2.75) is 39.0 Å². The first-order valence-corrected chi connectivity index (χ1v) is 12.2. The number of carbonyl (C=O) groups excluding carboxylic acids is 1. The number of carbonyl (C=O) groups is 1. The van der Waals surface area contributed by atoms with Crippen LogP contribution in [0, 0.1) is 0 Å². The lowest BCUT2D eigenvalue weighted by Gasteiger charge is -2.26. The van der Waals surface area contributed by atoms with Gasteiger partial charge in [-0.25, -0.2) is 0 Å². The second kappa shape index (κ2) is 9.86. The molecular formula is C29H30ClN3O2. The lowest BCUT2D eigenvalue weighted by Crippen LogP contribution is -2.28. The molecule has 0 spiro atoms. The maximum Gasteiger partial charge on any atom is 0.252 e. The van der Waals surface area contributed by atoms with Gasteiger partial charge < -0.3 is 15.4 Å². The van der Waals surface area contributed by atoms with E-state index in [1.807, 2.05) is 24.3 Å². The van der Waals surface area contributed by atoms with E-state index in [0.717, 1.165) is 51.1 Å². The zero-order chi connectivity index (χ0) is 23.1. The Balaban J connectivity index is 0.00000253. The summed E-state index contributed by atoms with van der Waals surface area (Å²) in [5.41, 5.74) is 9.11. The topological polar surface area (TPSA) is 68.4 Å². The molecule has 3 aromatic carbocycles. The summed E-state index contributed by atoms with van der Waals surface area (Å²) in [4.78, 5) is 19.0. The monoisotopic (exact) mass is 487 g/mol. The summed E-state index contributed by atoms with van der Waals surface area (Å²) in [5, 5.41) is 13.5. The first-order valence-electron chi connectivity index (χ1n) is 12.2. The predicted octanol–water partition coefficient (Wildman–Crippen LogP) is 5.65. The number of likely N-dealkylation sites (tertiary alicyclic amines) is 1. The van der Waals surface area contributed by atoms with Gasteiger partial charge >= 0.3 is 0 Å². The van der Waals surface area contributed by atoms with Gasteiger partial charge in [-0.2, -0.15) is 0 Å². The van der Waals surface area contributed by atoms with Crippen LogP contribution in [0.4, 0.5) is 0 Å². The molecule has 0 atom stereocenters. The van der Waals surface area contributed by atoms with E-state index in [2.05, 4.69) is 51.6 Å². The summed E-state index contributed by atoms with van der Waals surface area (Å²) >= 11 is 0. The molecule has 6 rings (SSSR count). The van der Waals surface area contributed by atoms with E-state index in [9.17, 15) is 9.90 Å². The van der Waals surface area contributed by atoms with E-state index >= 15 is 0 Å². The maximum absolute atomic E-state index is 12.9. The van der Waals surface area contributed by atoms with Crippen LogP contribution in [0.2, 0.25) is 0 Å². The first kappa shape index (κ1) is 23.6. The van der Waals surface area contributed by atoms with Crippen molar-refractivity contribution in [1.82, 2.24) is 15.2 Å². The second-order valence-corrected chi connectivity index (χ2v) is 9.49. The molecule has 180 valence electrons. The number of halogens is 1. The van der Waals surface area contributed by atoms with Gasteiger partial charge in [-0.1, -0.05) is 48.9 Å².